The second-order valence-corrected chi connectivity index (χ2v) is 6.01. The van der Waals surface area contributed by atoms with E-state index in [1.165, 1.54) is 64.5 Å². The summed E-state index contributed by atoms with van der Waals surface area (Å²) in [6.45, 7) is 11.9. The lowest BCUT2D eigenvalue weighted by Crippen LogP contribution is -2.24. The molecule has 0 spiro atoms. The highest BCUT2D eigenvalue weighted by atomic mass is 15.1. The van der Waals surface area contributed by atoms with Crippen molar-refractivity contribution in [2.75, 3.05) is 20.1 Å². The Morgan fingerprint density at radius 1 is 0.667 bits per heavy atom. The molecule has 0 amide bonds. The smallest absolute Gasteiger partial charge is 0.00191 e. The van der Waals surface area contributed by atoms with Gasteiger partial charge < -0.3 is 4.90 Å². The van der Waals surface area contributed by atoms with Crippen LogP contribution in [0.1, 0.15) is 79.1 Å². The van der Waals surface area contributed by atoms with Crippen LogP contribution in [0.5, 0.6) is 0 Å². The van der Waals surface area contributed by atoms with Gasteiger partial charge in [-0.1, -0.05) is 66.2 Å². The summed E-state index contributed by atoms with van der Waals surface area (Å²) in [5.41, 5.74) is 0. The van der Waals surface area contributed by atoms with E-state index in [0.29, 0.717) is 0 Å². The zero-order chi connectivity index (χ0) is 13.8. The maximum Gasteiger partial charge on any atom is -0.00191 e. The molecule has 1 heteroatoms. The van der Waals surface area contributed by atoms with Gasteiger partial charge in [-0.2, -0.15) is 0 Å². The molecule has 0 aromatic carbocycles. The standard InChI is InChI=1S/C17H37N/c1-6-10-16(8-3)12-14-18(5)15-13-17(9-4)11-7-2/h16-17H,6-15H2,1-5H3. The van der Waals surface area contributed by atoms with E-state index in [2.05, 4.69) is 39.6 Å². The molecule has 0 aromatic rings. The summed E-state index contributed by atoms with van der Waals surface area (Å²) in [5, 5.41) is 0. The zero-order valence-electron chi connectivity index (χ0n) is 13.7. The Bertz CT molecular complexity index is 149. The third-order valence-corrected chi connectivity index (χ3v) is 4.39. The lowest BCUT2D eigenvalue weighted by atomic mass is 9.95. The molecule has 0 heterocycles. The number of hydrogen-bond donors (Lipinski definition) is 0. The molecule has 2 unspecified atom stereocenters. The lowest BCUT2D eigenvalue weighted by molar-refractivity contribution is 0.262. The quantitative estimate of drug-likeness (QED) is 0.454. The molecule has 0 rings (SSSR count). The van der Waals surface area contributed by atoms with Crippen LogP contribution in [-0.4, -0.2) is 25.0 Å². The van der Waals surface area contributed by atoms with Gasteiger partial charge in [-0.15, -0.1) is 0 Å². The first kappa shape index (κ1) is 18.0. The van der Waals surface area contributed by atoms with Crippen molar-refractivity contribution in [2.24, 2.45) is 11.8 Å². The maximum absolute atomic E-state index is 2.55. The van der Waals surface area contributed by atoms with Gasteiger partial charge in [-0.25, -0.2) is 0 Å². The highest BCUT2D eigenvalue weighted by Gasteiger charge is 2.09. The molecule has 0 fully saturated rings. The zero-order valence-corrected chi connectivity index (χ0v) is 13.7. The molecule has 0 aliphatic carbocycles. The van der Waals surface area contributed by atoms with Gasteiger partial charge in [0.05, 0.1) is 0 Å². The summed E-state index contributed by atoms with van der Waals surface area (Å²) >= 11 is 0. The van der Waals surface area contributed by atoms with Gasteiger partial charge in [-0.05, 0) is 44.8 Å². The first-order valence-electron chi connectivity index (χ1n) is 8.36. The number of nitrogens with zero attached hydrogens (tertiary/aromatic N) is 1. The number of rotatable bonds is 12. The molecule has 110 valence electrons. The van der Waals surface area contributed by atoms with Crippen molar-refractivity contribution in [2.45, 2.75) is 79.1 Å². The fourth-order valence-electron chi connectivity index (χ4n) is 2.84. The van der Waals surface area contributed by atoms with E-state index in [-0.39, 0.29) is 0 Å². The molecular weight excluding hydrogens is 218 g/mol. The fourth-order valence-corrected chi connectivity index (χ4v) is 2.84. The summed E-state index contributed by atoms with van der Waals surface area (Å²) in [7, 11) is 2.30. The van der Waals surface area contributed by atoms with Gasteiger partial charge in [0.15, 0.2) is 0 Å². The summed E-state index contributed by atoms with van der Waals surface area (Å²) in [5.74, 6) is 1.91. The van der Waals surface area contributed by atoms with Crippen molar-refractivity contribution in [3.63, 3.8) is 0 Å². The maximum atomic E-state index is 2.55. The average molecular weight is 255 g/mol. The van der Waals surface area contributed by atoms with Gasteiger partial charge >= 0.3 is 0 Å². The predicted molar refractivity (Wildman–Crippen MR) is 84.1 cm³/mol. The fraction of sp³-hybridized carbons (Fsp3) is 1.00. The van der Waals surface area contributed by atoms with E-state index >= 15 is 0 Å². The Morgan fingerprint density at radius 3 is 1.33 bits per heavy atom. The van der Waals surface area contributed by atoms with Crippen LogP contribution < -0.4 is 0 Å². The Kier molecular flexibility index (Phi) is 12.0. The summed E-state index contributed by atoms with van der Waals surface area (Å²) in [6.07, 6.45) is 11.0. The molecule has 2 atom stereocenters. The molecule has 18 heavy (non-hydrogen) atoms. The first-order chi connectivity index (χ1) is 8.67. The molecule has 0 aliphatic heterocycles. The average Bonchev–Trinajstić information content (AvgIpc) is 2.39. The second-order valence-electron chi connectivity index (χ2n) is 6.01. The molecule has 0 aromatic heterocycles. The summed E-state index contributed by atoms with van der Waals surface area (Å²) in [6, 6.07) is 0. The van der Waals surface area contributed by atoms with Crippen LogP contribution >= 0.6 is 0 Å². The molecule has 0 bridgehead atoms. The minimum absolute atomic E-state index is 0.954. The summed E-state index contributed by atoms with van der Waals surface area (Å²) in [4.78, 5) is 2.55. The van der Waals surface area contributed by atoms with Crippen molar-refractivity contribution in [3.05, 3.63) is 0 Å². The second kappa shape index (κ2) is 12.0. The topological polar surface area (TPSA) is 3.24 Å². The van der Waals surface area contributed by atoms with Crippen molar-refractivity contribution >= 4 is 0 Å². The number of hydrogen-bond acceptors (Lipinski definition) is 1. The Balaban J connectivity index is 3.71. The van der Waals surface area contributed by atoms with E-state index in [9.17, 15) is 0 Å². The van der Waals surface area contributed by atoms with E-state index in [0.717, 1.165) is 11.8 Å². The predicted octanol–water partition coefficient (Wildman–Crippen LogP) is 5.35. The van der Waals surface area contributed by atoms with Crippen molar-refractivity contribution in [1.82, 2.24) is 4.90 Å². The summed E-state index contributed by atoms with van der Waals surface area (Å²) < 4.78 is 0. The lowest BCUT2D eigenvalue weighted by Gasteiger charge is -2.23. The largest absolute Gasteiger partial charge is 0.306 e. The van der Waals surface area contributed by atoms with Gasteiger partial charge in [0.2, 0.25) is 0 Å². The third-order valence-electron chi connectivity index (χ3n) is 4.39. The van der Waals surface area contributed by atoms with Crippen molar-refractivity contribution < 1.29 is 0 Å². The van der Waals surface area contributed by atoms with E-state index < -0.39 is 0 Å². The van der Waals surface area contributed by atoms with E-state index in [4.69, 9.17) is 0 Å². The van der Waals surface area contributed by atoms with Crippen LogP contribution in [-0.2, 0) is 0 Å². The van der Waals surface area contributed by atoms with Gasteiger partial charge in [0, 0.05) is 0 Å². The molecule has 0 saturated carbocycles. The van der Waals surface area contributed by atoms with Crippen LogP contribution in [0.15, 0.2) is 0 Å². The van der Waals surface area contributed by atoms with E-state index in [1.807, 2.05) is 0 Å². The Hall–Kier alpha value is -0.0400. The third kappa shape index (κ3) is 8.97. The molecule has 0 aliphatic rings. The molecule has 0 saturated heterocycles. The molecule has 1 nitrogen and oxygen atoms in total. The van der Waals surface area contributed by atoms with Crippen LogP contribution in [0.25, 0.3) is 0 Å². The van der Waals surface area contributed by atoms with Gasteiger partial charge in [0.25, 0.3) is 0 Å². The van der Waals surface area contributed by atoms with Crippen molar-refractivity contribution in [1.29, 1.82) is 0 Å². The Morgan fingerprint density at radius 2 is 1.06 bits per heavy atom. The highest BCUT2D eigenvalue weighted by Crippen LogP contribution is 2.17. The van der Waals surface area contributed by atoms with Gasteiger partial charge in [-0.3, -0.25) is 0 Å². The van der Waals surface area contributed by atoms with Crippen LogP contribution in [0, 0.1) is 11.8 Å². The monoisotopic (exact) mass is 255 g/mol. The molecule has 0 radical (unpaired) electrons. The normalized spacial score (nSPS) is 15.0. The SMILES string of the molecule is CCCC(CC)CCN(C)CCC(CC)CCC. The highest BCUT2D eigenvalue weighted by molar-refractivity contribution is 4.63. The first-order valence-corrected chi connectivity index (χ1v) is 8.36. The molecule has 0 N–H and O–H groups in total. The molecular formula is C17H37N. The van der Waals surface area contributed by atoms with Crippen LogP contribution in [0.3, 0.4) is 0 Å². The van der Waals surface area contributed by atoms with E-state index in [1.54, 1.807) is 0 Å². The Labute approximate surface area is 116 Å². The van der Waals surface area contributed by atoms with Crippen LogP contribution in [0.4, 0.5) is 0 Å². The van der Waals surface area contributed by atoms with Crippen molar-refractivity contribution in [3.8, 4) is 0 Å². The van der Waals surface area contributed by atoms with Gasteiger partial charge in [0.1, 0.15) is 0 Å². The minimum atomic E-state index is 0.954. The minimum Gasteiger partial charge on any atom is -0.306 e. The van der Waals surface area contributed by atoms with Crippen LogP contribution in [0.2, 0.25) is 0 Å².